The lowest BCUT2D eigenvalue weighted by atomic mass is 9.95. The fourth-order valence-corrected chi connectivity index (χ4v) is 3.12. The van der Waals surface area contributed by atoms with Gasteiger partial charge in [-0.25, -0.2) is 0 Å². The van der Waals surface area contributed by atoms with Gasteiger partial charge in [-0.2, -0.15) is 0 Å². The van der Waals surface area contributed by atoms with E-state index in [9.17, 15) is 0 Å². The molecule has 0 radical (unpaired) electrons. The van der Waals surface area contributed by atoms with E-state index in [-0.39, 0.29) is 0 Å². The van der Waals surface area contributed by atoms with E-state index >= 15 is 0 Å². The molecule has 1 aliphatic carbocycles. The molecule has 1 saturated carbocycles. The van der Waals surface area contributed by atoms with Crippen molar-refractivity contribution >= 4 is 0 Å². The molecule has 1 aromatic carbocycles. The van der Waals surface area contributed by atoms with Crippen LogP contribution in [0.15, 0.2) is 30.3 Å². The second-order valence-corrected chi connectivity index (χ2v) is 6.58. The van der Waals surface area contributed by atoms with Gasteiger partial charge < -0.3 is 5.32 Å². The lowest BCUT2D eigenvalue weighted by molar-refractivity contribution is 0.108. The third-order valence-electron chi connectivity index (χ3n) is 4.62. The molecule has 2 nitrogen and oxygen atoms in total. The summed E-state index contributed by atoms with van der Waals surface area (Å²) in [6.07, 6.45) is 2.88. The predicted molar refractivity (Wildman–Crippen MR) is 80.1 cm³/mol. The minimum absolute atomic E-state index is 0.566. The zero-order valence-corrected chi connectivity index (χ0v) is 12.2. The monoisotopic (exact) mass is 258 g/mol. The van der Waals surface area contributed by atoms with Gasteiger partial charge in [0.1, 0.15) is 0 Å². The molecule has 2 unspecified atom stereocenters. The average molecular weight is 258 g/mol. The van der Waals surface area contributed by atoms with E-state index in [2.05, 4.69) is 54.4 Å². The van der Waals surface area contributed by atoms with E-state index in [1.54, 1.807) is 0 Å². The maximum absolute atomic E-state index is 3.75. The van der Waals surface area contributed by atoms with Crippen LogP contribution in [0, 0.1) is 11.8 Å². The topological polar surface area (TPSA) is 15.3 Å². The Bertz CT molecular complexity index is 397. The molecule has 0 amide bonds. The number of rotatable bonds is 4. The molecule has 1 heterocycles. The van der Waals surface area contributed by atoms with Crippen LogP contribution < -0.4 is 5.32 Å². The smallest absolute Gasteiger partial charge is 0.0473 e. The summed E-state index contributed by atoms with van der Waals surface area (Å²) >= 11 is 0. The van der Waals surface area contributed by atoms with Crippen LogP contribution in [-0.2, 0) is 0 Å². The van der Waals surface area contributed by atoms with Crippen molar-refractivity contribution in [2.45, 2.75) is 38.8 Å². The summed E-state index contributed by atoms with van der Waals surface area (Å²) in [6, 6.07) is 12.2. The lowest BCUT2D eigenvalue weighted by Gasteiger charge is -2.42. The molecular weight excluding hydrogens is 232 g/mol. The molecule has 1 aromatic rings. The van der Waals surface area contributed by atoms with Crippen molar-refractivity contribution in [2.75, 3.05) is 19.6 Å². The van der Waals surface area contributed by atoms with E-state index in [4.69, 9.17) is 0 Å². The Hall–Kier alpha value is -0.860. The van der Waals surface area contributed by atoms with Gasteiger partial charge in [0, 0.05) is 31.7 Å². The highest BCUT2D eigenvalue weighted by Gasteiger charge is 2.34. The van der Waals surface area contributed by atoms with Crippen molar-refractivity contribution < 1.29 is 0 Å². The normalized spacial score (nSPS) is 28.8. The highest BCUT2D eigenvalue weighted by atomic mass is 15.2. The molecule has 2 aliphatic rings. The Morgan fingerprint density at radius 3 is 2.58 bits per heavy atom. The first-order valence-corrected chi connectivity index (χ1v) is 7.76. The zero-order chi connectivity index (χ0) is 13.2. The Morgan fingerprint density at radius 2 is 1.95 bits per heavy atom. The lowest BCUT2D eigenvalue weighted by Crippen LogP contribution is -2.54. The number of nitrogens with zero attached hydrogens (tertiary/aromatic N) is 1. The highest BCUT2D eigenvalue weighted by Crippen LogP contribution is 2.34. The molecule has 3 rings (SSSR count). The van der Waals surface area contributed by atoms with Crippen LogP contribution in [0.25, 0.3) is 0 Å². The Kier molecular flexibility index (Phi) is 3.90. The van der Waals surface area contributed by atoms with Crippen molar-refractivity contribution in [2.24, 2.45) is 11.8 Å². The second kappa shape index (κ2) is 5.64. The molecule has 2 heteroatoms. The van der Waals surface area contributed by atoms with Crippen LogP contribution >= 0.6 is 0 Å². The van der Waals surface area contributed by atoms with Crippen molar-refractivity contribution in [1.82, 2.24) is 10.2 Å². The molecular formula is C17H26N2. The molecule has 1 saturated heterocycles. The first-order valence-electron chi connectivity index (χ1n) is 7.76. The van der Waals surface area contributed by atoms with Crippen LogP contribution in [0.1, 0.15) is 38.3 Å². The van der Waals surface area contributed by atoms with Crippen molar-refractivity contribution in [3.05, 3.63) is 35.9 Å². The third kappa shape index (κ3) is 3.18. The molecule has 2 fully saturated rings. The highest BCUT2D eigenvalue weighted by molar-refractivity contribution is 5.20. The summed E-state index contributed by atoms with van der Waals surface area (Å²) in [5.41, 5.74) is 1.47. The van der Waals surface area contributed by atoms with E-state index in [0.29, 0.717) is 12.1 Å². The van der Waals surface area contributed by atoms with E-state index in [1.165, 1.54) is 31.5 Å². The fraction of sp³-hybridized carbons (Fsp3) is 0.647. The minimum Gasteiger partial charge on any atom is -0.311 e. The van der Waals surface area contributed by atoms with Crippen molar-refractivity contribution in [3.63, 3.8) is 0 Å². The van der Waals surface area contributed by atoms with Gasteiger partial charge in [-0.3, -0.25) is 4.90 Å². The Morgan fingerprint density at radius 1 is 1.21 bits per heavy atom. The van der Waals surface area contributed by atoms with Gasteiger partial charge in [0.05, 0.1) is 0 Å². The summed E-state index contributed by atoms with van der Waals surface area (Å²) in [4.78, 5) is 2.73. The van der Waals surface area contributed by atoms with E-state index in [0.717, 1.165) is 18.4 Å². The second-order valence-electron chi connectivity index (χ2n) is 6.58. The molecule has 0 aromatic heterocycles. The van der Waals surface area contributed by atoms with Gasteiger partial charge in [0.25, 0.3) is 0 Å². The van der Waals surface area contributed by atoms with Gasteiger partial charge in [0.2, 0.25) is 0 Å². The van der Waals surface area contributed by atoms with E-state index < -0.39 is 0 Å². The first-order chi connectivity index (χ1) is 9.24. The van der Waals surface area contributed by atoms with E-state index in [1.807, 2.05) is 0 Å². The zero-order valence-electron chi connectivity index (χ0n) is 12.2. The van der Waals surface area contributed by atoms with Gasteiger partial charge in [-0.05, 0) is 30.2 Å². The molecule has 104 valence electrons. The molecule has 1 N–H and O–H groups in total. The van der Waals surface area contributed by atoms with Gasteiger partial charge >= 0.3 is 0 Å². The van der Waals surface area contributed by atoms with Gasteiger partial charge in [0.15, 0.2) is 0 Å². The number of hydrogen-bond donors (Lipinski definition) is 1. The van der Waals surface area contributed by atoms with Crippen LogP contribution in [0.3, 0.4) is 0 Å². The number of piperazine rings is 1. The SMILES string of the molecule is CC(C)C1CN(CC2CC2)C(c2ccccc2)CN1. The molecule has 2 atom stereocenters. The number of benzene rings is 1. The summed E-state index contributed by atoms with van der Waals surface area (Å²) in [6.45, 7) is 8.25. The molecule has 1 aliphatic heterocycles. The Labute approximate surface area is 117 Å². The number of nitrogens with one attached hydrogen (secondary N) is 1. The summed E-state index contributed by atoms with van der Waals surface area (Å²) in [5, 5.41) is 3.75. The Balaban J connectivity index is 1.74. The summed E-state index contributed by atoms with van der Waals surface area (Å²) in [7, 11) is 0. The quantitative estimate of drug-likeness (QED) is 0.893. The average Bonchev–Trinajstić information content (AvgIpc) is 3.23. The van der Waals surface area contributed by atoms with Crippen LogP contribution in [0.4, 0.5) is 0 Å². The maximum atomic E-state index is 3.75. The fourth-order valence-electron chi connectivity index (χ4n) is 3.12. The largest absolute Gasteiger partial charge is 0.311 e. The molecule has 0 bridgehead atoms. The summed E-state index contributed by atoms with van der Waals surface area (Å²) < 4.78 is 0. The van der Waals surface area contributed by atoms with Gasteiger partial charge in [-0.15, -0.1) is 0 Å². The predicted octanol–water partition coefficient (Wildman–Crippen LogP) is 3.07. The van der Waals surface area contributed by atoms with Crippen LogP contribution in [0.2, 0.25) is 0 Å². The van der Waals surface area contributed by atoms with Crippen LogP contribution in [0.5, 0.6) is 0 Å². The van der Waals surface area contributed by atoms with Crippen molar-refractivity contribution in [3.8, 4) is 0 Å². The third-order valence-corrected chi connectivity index (χ3v) is 4.62. The minimum atomic E-state index is 0.566. The molecule has 19 heavy (non-hydrogen) atoms. The van der Waals surface area contributed by atoms with Crippen molar-refractivity contribution in [1.29, 1.82) is 0 Å². The number of hydrogen-bond acceptors (Lipinski definition) is 2. The van der Waals surface area contributed by atoms with Crippen LogP contribution in [-0.4, -0.2) is 30.6 Å². The summed E-state index contributed by atoms with van der Waals surface area (Å²) in [5.74, 6) is 1.69. The van der Waals surface area contributed by atoms with Gasteiger partial charge in [-0.1, -0.05) is 44.2 Å². The maximum Gasteiger partial charge on any atom is 0.0473 e. The molecule has 0 spiro atoms. The standard InChI is InChI=1S/C17H26N2/c1-13(2)16-12-19(11-14-8-9-14)17(10-18-16)15-6-4-3-5-7-15/h3-7,13-14,16-18H,8-12H2,1-2H3. The first kappa shape index (κ1) is 13.1.